The van der Waals surface area contributed by atoms with Crippen molar-refractivity contribution in [2.24, 2.45) is 11.7 Å². The Kier molecular flexibility index (Phi) is 3.54. The summed E-state index contributed by atoms with van der Waals surface area (Å²) >= 11 is 0. The maximum Gasteiger partial charge on any atom is 0.409 e. The number of ether oxygens (including phenoxy) is 1. The Morgan fingerprint density at radius 2 is 2.38 bits per heavy atom. The van der Waals surface area contributed by atoms with E-state index in [1.807, 2.05) is 6.92 Å². The van der Waals surface area contributed by atoms with Crippen molar-refractivity contribution in [3.05, 3.63) is 0 Å². The fraction of sp³-hybridized carbons (Fsp3) is 0.889. The first kappa shape index (κ1) is 10.3. The minimum absolute atomic E-state index is 0.160. The molecule has 1 rings (SSSR count). The van der Waals surface area contributed by atoms with E-state index in [1.165, 1.54) is 7.11 Å². The third kappa shape index (κ3) is 2.59. The van der Waals surface area contributed by atoms with Crippen LogP contribution in [0, 0.1) is 5.92 Å². The second kappa shape index (κ2) is 4.46. The van der Waals surface area contributed by atoms with Crippen molar-refractivity contribution in [1.82, 2.24) is 4.90 Å². The second-order valence-electron chi connectivity index (χ2n) is 3.68. The molecule has 0 saturated carbocycles. The SMILES string of the molecule is COC(=O)N1CCC[C@H]([C@H](C)N)C1. The molecule has 4 heteroatoms. The first-order valence-corrected chi connectivity index (χ1v) is 4.73. The standard InChI is InChI=1S/C9H18N2O2/c1-7(10)8-4-3-5-11(6-8)9(12)13-2/h7-8H,3-6,10H2,1-2H3/t7-,8-/m0/s1. The quantitative estimate of drug-likeness (QED) is 0.659. The number of carbonyl (C=O) groups excluding carboxylic acids is 1. The number of methoxy groups -OCH3 is 1. The smallest absolute Gasteiger partial charge is 0.409 e. The summed E-state index contributed by atoms with van der Waals surface area (Å²) in [4.78, 5) is 12.9. The van der Waals surface area contributed by atoms with Gasteiger partial charge in [-0.2, -0.15) is 0 Å². The number of hydrogen-bond donors (Lipinski definition) is 1. The van der Waals surface area contributed by atoms with Gasteiger partial charge in [-0.1, -0.05) is 0 Å². The molecule has 0 aromatic carbocycles. The van der Waals surface area contributed by atoms with Crippen molar-refractivity contribution in [2.75, 3.05) is 20.2 Å². The van der Waals surface area contributed by atoms with Crippen LogP contribution in [0.25, 0.3) is 0 Å². The number of hydrogen-bond acceptors (Lipinski definition) is 3. The zero-order valence-electron chi connectivity index (χ0n) is 8.32. The van der Waals surface area contributed by atoms with Gasteiger partial charge >= 0.3 is 6.09 Å². The summed E-state index contributed by atoms with van der Waals surface area (Å²) in [7, 11) is 1.41. The van der Waals surface area contributed by atoms with E-state index in [9.17, 15) is 4.79 Å². The summed E-state index contributed by atoms with van der Waals surface area (Å²) in [6.45, 7) is 3.53. The highest BCUT2D eigenvalue weighted by Gasteiger charge is 2.25. The molecule has 1 aliphatic rings. The van der Waals surface area contributed by atoms with Crippen molar-refractivity contribution in [3.8, 4) is 0 Å². The fourth-order valence-corrected chi connectivity index (χ4v) is 1.73. The average Bonchev–Trinajstić information content (AvgIpc) is 2.17. The molecule has 1 amide bonds. The molecule has 1 fully saturated rings. The lowest BCUT2D eigenvalue weighted by Gasteiger charge is -2.33. The minimum Gasteiger partial charge on any atom is -0.453 e. The molecule has 0 radical (unpaired) electrons. The van der Waals surface area contributed by atoms with Gasteiger partial charge in [0.25, 0.3) is 0 Å². The molecular formula is C9H18N2O2. The van der Waals surface area contributed by atoms with E-state index < -0.39 is 0 Å². The summed E-state index contributed by atoms with van der Waals surface area (Å²) in [6, 6.07) is 0.160. The van der Waals surface area contributed by atoms with E-state index >= 15 is 0 Å². The van der Waals surface area contributed by atoms with Gasteiger partial charge in [0.1, 0.15) is 0 Å². The van der Waals surface area contributed by atoms with Crippen molar-refractivity contribution in [1.29, 1.82) is 0 Å². The zero-order valence-corrected chi connectivity index (χ0v) is 8.32. The van der Waals surface area contributed by atoms with Crippen LogP contribution in [0.4, 0.5) is 4.79 Å². The van der Waals surface area contributed by atoms with Gasteiger partial charge in [-0.15, -0.1) is 0 Å². The molecule has 2 atom stereocenters. The monoisotopic (exact) mass is 186 g/mol. The number of carbonyl (C=O) groups is 1. The van der Waals surface area contributed by atoms with Crippen molar-refractivity contribution < 1.29 is 9.53 Å². The summed E-state index contributed by atoms with van der Waals surface area (Å²) in [5.41, 5.74) is 5.79. The third-order valence-corrected chi connectivity index (χ3v) is 2.63. The molecule has 1 aliphatic heterocycles. The van der Waals surface area contributed by atoms with Crippen molar-refractivity contribution in [3.63, 3.8) is 0 Å². The summed E-state index contributed by atoms with van der Waals surface area (Å²) in [6.07, 6.45) is 1.91. The molecule has 13 heavy (non-hydrogen) atoms. The number of rotatable bonds is 1. The Bertz CT molecular complexity index is 182. The topological polar surface area (TPSA) is 55.6 Å². The lowest BCUT2D eigenvalue weighted by atomic mass is 9.92. The molecule has 0 aromatic heterocycles. The summed E-state index contributed by atoms with van der Waals surface area (Å²) in [5.74, 6) is 0.424. The predicted octanol–water partition coefficient (Wildman–Crippen LogP) is 0.812. The number of piperidine rings is 1. The maximum absolute atomic E-state index is 11.2. The van der Waals surface area contributed by atoms with Gasteiger partial charge < -0.3 is 15.4 Å². The predicted molar refractivity (Wildman–Crippen MR) is 50.4 cm³/mol. The highest BCUT2D eigenvalue weighted by molar-refractivity contribution is 5.67. The molecular weight excluding hydrogens is 168 g/mol. The van der Waals surface area contributed by atoms with Gasteiger partial charge in [0.15, 0.2) is 0 Å². The average molecular weight is 186 g/mol. The minimum atomic E-state index is -0.231. The van der Waals surface area contributed by atoms with Gasteiger partial charge in [-0.25, -0.2) is 4.79 Å². The molecule has 1 heterocycles. The van der Waals surface area contributed by atoms with Crippen LogP contribution in [-0.4, -0.2) is 37.2 Å². The van der Waals surface area contributed by atoms with Gasteiger partial charge in [-0.05, 0) is 25.7 Å². The van der Waals surface area contributed by atoms with Crippen LogP contribution in [0.5, 0.6) is 0 Å². The number of nitrogens with zero attached hydrogens (tertiary/aromatic N) is 1. The maximum atomic E-state index is 11.2. The molecule has 0 aromatic rings. The van der Waals surface area contributed by atoms with E-state index in [2.05, 4.69) is 4.74 Å². The molecule has 0 aliphatic carbocycles. The normalized spacial score (nSPS) is 25.5. The highest BCUT2D eigenvalue weighted by Crippen LogP contribution is 2.18. The Morgan fingerprint density at radius 1 is 1.69 bits per heavy atom. The number of likely N-dealkylation sites (tertiary alicyclic amines) is 1. The van der Waals surface area contributed by atoms with Crippen LogP contribution < -0.4 is 5.73 Å². The van der Waals surface area contributed by atoms with E-state index in [-0.39, 0.29) is 12.1 Å². The fourth-order valence-electron chi connectivity index (χ4n) is 1.73. The molecule has 0 spiro atoms. The lowest BCUT2D eigenvalue weighted by molar-refractivity contribution is 0.0986. The van der Waals surface area contributed by atoms with Crippen LogP contribution in [0.2, 0.25) is 0 Å². The van der Waals surface area contributed by atoms with E-state index in [1.54, 1.807) is 4.90 Å². The second-order valence-corrected chi connectivity index (χ2v) is 3.68. The first-order valence-electron chi connectivity index (χ1n) is 4.73. The van der Waals surface area contributed by atoms with Gasteiger partial charge in [0.05, 0.1) is 7.11 Å². The van der Waals surface area contributed by atoms with Crippen LogP contribution in [0.1, 0.15) is 19.8 Å². The van der Waals surface area contributed by atoms with Crippen molar-refractivity contribution >= 4 is 6.09 Å². The van der Waals surface area contributed by atoms with E-state index in [0.717, 1.165) is 25.9 Å². The van der Waals surface area contributed by atoms with Crippen molar-refractivity contribution in [2.45, 2.75) is 25.8 Å². The van der Waals surface area contributed by atoms with E-state index in [0.29, 0.717) is 5.92 Å². The Balaban J connectivity index is 2.46. The Labute approximate surface area is 79.0 Å². The van der Waals surface area contributed by atoms with Crippen LogP contribution in [0.15, 0.2) is 0 Å². The Hall–Kier alpha value is -0.770. The first-order chi connectivity index (χ1) is 6.15. The largest absolute Gasteiger partial charge is 0.453 e. The van der Waals surface area contributed by atoms with E-state index in [4.69, 9.17) is 5.73 Å². The summed E-state index contributed by atoms with van der Waals surface area (Å²) in [5, 5.41) is 0. The molecule has 0 unspecified atom stereocenters. The molecule has 4 nitrogen and oxygen atoms in total. The Morgan fingerprint density at radius 3 is 2.92 bits per heavy atom. The molecule has 0 bridgehead atoms. The molecule has 76 valence electrons. The zero-order chi connectivity index (χ0) is 9.84. The van der Waals surface area contributed by atoms with Gasteiger partial charge in [0.2, 0.25) is 0 Å². The lowest BCUT2D eigenvalue weighted by Crippen LogP contribution is -2.44. The number of amides is 1. The van der Waals surface area contributed by atoms with Gasteiger partial charge in [0, 0.05) is 19.1 Å². The highest BCUT2D eigenvalue weighted by atomic mass is 16.5. The summed E-state index contributed by atoms with van der Waals surface area (Å²) < 4.78 is 4.66. The number of nitrogens with two attached hydrogens (primary N) is 1. The molecule has 1 saturated heterocycles. The third-order valence-electron chi connectivity index (χ3n) is 2.63. The molecule has 2 N–H and O–H groups in total. The van der Waals surface area contributed by atoms with Gasteiger partial charge in [-0.3, -0.25) is 0 Å². The van der Waals surface area contributed by atoms with Crippen LogP contribution in [-0.2, 0) is 4.74 Å². The van der Waals surface area contributed by atoms with Crippen LogP contribution in [0.3, 0.4) is 0 Å². The van der Waals surface area contributed by atoms with Crippen LogP contribution >= 0.6 is 0 Å².